The summed E-state index contributed by atoms with van der Waals surface area (Å²) in [5, 5.41) is 1.92. The van der Waals surface area contributed by atoms with Crippen LogP contribution >= 0.6 is 11.3 Å². The summed E-state index contributed by atoms with van der Waals surface area (Å²) in [6, 6.07) is 0. The molecule has 2 nitrogen and oxygen atoms in total. The van der Waals surface area contributed by atoms with Gasteiger partial charge in [0.25, 0.3) is 0 Å². The zero-order valence-electron chi connectivity index (χ0n) is 7.83. The molecular weight excluding hydrogens is 170 g/mol. The Kier molecular flexibility index (Phi) is 3.09. The number of rotatable bonds is 3. The van der Waals surface area contributed by atoms with Crippen LogP contribution in [0.25, 0.3) is 0 Å². The number of nitrogens with zero attached hydrogens (tertiary/aromatic N) is 1. The summed E-state index contributed by atoms with van der Waals surface area (Å²) in [4.78, 5) is 11.4. The van der Waals surface area contributed by atoms with Crippen LogP contribution in [0.5, 0.6) is 0 Å². The van der Waals surface area contributed by atoms with Crippen LogP contribution in [0.3, 0.4) is 0 Å². The van der Waals surface area contributed by atoms with E-state index in [0.29, 0.717) is 5.92 Å². The molecule has 1 heterocycles. The Labute approximate surface area is 76.9 Å². The fourth-order valence-electron chi connectivity index (χ4n) is 1.06. The Morgan fingerprint density at radius 3 is 2.67 bits per heavy atom. The zero-order valence-corrected chi connectivity index (χ0v) is 8.65. The number of hydrogen-bond acceptors (Lipinski definition) is 2. The van der Waals surface area contributed by atoms with Crippen molar-refractivity contribution in [1.82, 2.24) is 4.57 Å². The van der Waals surface area contributed by atoms with E-state index >= 15 is 0 Å². The van der Waals surface area contributed by atoms with E-state index in [1.54, 1.807) is 0 Å². The highest BCUT2D eigenvalue weighted by atomic mass is 32.1. The third-order valence-corrected chi connectivity index (χ3v) is 2.79. The molecule has 68 valence electrons. The first kappa shape index (κ1) is 9.52. The van der Waals surface area contributed by atoms with Crippen molar-refractivity contribution in [3.63, 3.8) is 0 Å². The second kappa shape index (κ2) is 3.90. The molecule has 1 aromatic rings. The molecule has 0 saturated carbocycles. The van der Waals surface area contributed by atoms with E-state index in [0.717, 1.165) is 18.7 Å². The monoisotopic (exact) mass is 185 g/mol. The van der Waals surface area contributed by atoms with E-state index in [2.05, 4.69) is 13.8 Å². The van der Waals surface area contributed by atoms with Gasteiger partial charge in [0.05, 0.1) is 0 Å². The molecule has 0 radical (unpaired) electrons. The van der Waals surface area contributed by atoms with Gasteiger partial charge in [-0.1, -0.05) is 25.2 Å². The summed E-state index contributed by atoms with van der Waals surface area (Å²) in [7, 11) is 0. The Morgan fingerprint density at radius 1 is 1.58 bits per heavy atom. The van der Waals surface area contributed by atoms with Crippen LogP contribution in [-0.2, 0) is 6.54 Å². The molecule has 0 N–H and O–H groups in total. The minimum atomic E-state index is 0.174. The van der Waals surface area contributed by atoms with Crippen LogP contribution in [0.15, 0.2) is 10.2 Å². The van der Waals surface area contributed by atoms with Crippen molar-refractivity contribution in [1.29, 1.82) is 0 Å². The Balaban J connectivity index is 2.68. The van der Waals surface area contributed by atoms with Crippen molar-refractivity contribution >= 4 is 11.3 Å². The topological polar surface area (TPSA) is 22.0 Å². The van der Waals surface area contributed by atoms with E-state index in [4.69, 9.17) is 0 Å². The van der Waals surface area contributed by atoms with Crippen molar-refractivity contribution in [2.75, 3.05) is 0 Å². The van der Waals surface area contributed by atoms with E-state index in [1.807, 2.05) is 16.9 Å². The molecule has 0 spiro atoms. The molecule has 0 atom stereocenters. The lowest BCUT2D eigenvalue weighted by Crippen LogP contribution is -2.15. The number of aryl methyl sites for hydroxylation is 1. The standard InChI is InChI=1S/C9H15NOS/c1-7(2)4-5-10-8(3)6-12-9(10)11/h6-7H,4-5H2,1-3H3. The van der Waals surface area contributed by atoms with E-state index in [9.17, 15) is 4.79 Å². The smallest absolute Gasteiger partial charge is 0.303 e. The second-order valence-electron chi connectivity index (χ2n) is 3.48. The van der Waals surface area contributed by atoms with Gasteiger partial charge in [-0.05, 0) is 19.3 Å². The molecule has 0 aliphatic rings. The van der Waals surface area contributed by atoms with Gasteiger partial charge in [-0.25, -0.2) is 0 Å². The van der Waals surface area contributed by atoms with Gasteiger partial charge >= 0.3 is 4.87 Å². The van der Waals surface area contributed by atoms with Crippen molar-refractivity contribution in [3.05, 3.63) is 20.7 Å². The summed E-state index contributed by atoms with van der Waals surface area (Å²) in [5.41, 5.74) is 1.09. The van der Waals surface area contributed by atoms with Crippen LogP contribution < -0.4 is 4.87 Å². The van der Waals surface area contributed by atoms with Crippen molar-refractivity contribution in [2.24, 2.45) is 5.92 Å². The van der Waals surface area contributed by atoms with Gasteiger partial charge in [-0.15, -0.1) is 0 Å². The molecule has 0 aliphatic carbocycles. The highest BCUT2D eigenvalue weighted by molar-refractivity contribution is 7.07. The van der Waals surface area contributed by atoms with Gasteiger partial charge < -0.3 is 4.57 Å². The lowest BCUT2D eigenvalue weighted by Gasteiger charge is -2.05. The van der Waals surface area contributed by atoms with Gasteiger partial charge in [0.2, 0.25) is 0 Å². The fourth-order valence-corrected chi connectivity index (χ4v) is 1.82. The largest absolute Gasteiger partial charge is 0.307 e. The van der Waals surface area contributed by atoms with Crippen LogP contribution in [0.4, 0.5) is 0 Å². The summed E-state index contributed by atoms with van der Waals surface area (Å²) in [6.07, 6.45) is 1.08. The molecule has 1 aromatic heterocycles. The molecule has 3 heteroatoms. The number of aromatic nitrogens is 1. The van der Waals surface area contributed by atoms with Gasteiger partial charge in [-0.2, -0.15) is 0 Å². The molecule has 0 bridgehead atoms. The molecule has 0 aromatic carbocycles. The maximum atomic E-state index is 11.2. The van der Waals surface area contributed by atoms with Gasteiger partial charge in [0.1, 0.15) is 0 Å². The highest BCUT2D eigenvalue weighted by Crippen LogP contribution is 2.05. The third kappa shape index (κ3) is 2.21. The summed E-state index contributed by atoms with van der Waals surface area (Å²) in [5.74, 6) is 0.663. The van der Waals surface area contributed by atoms with Crippen LogP contribution in [0, 0.1) is 12.8 Å². The molecule has 0 saturated heterocycles. The quantitative estimate of drug-likeness (QED) is 0.708. The Bertz CT molecular complexity index is 298. The average Bonchev–Trinajstić information content (AvgIpc) is 2.28. The minimum Gasteiger partial charge on any atom is -0.303 e. The molecule has 0 amide bonds. The zero-order chi connectivity index (χ0) is 9.14. The minimum absolute atomic E-state index is 0.174. The molecule has 0 aliphatic heterocycles. The average molecular weight is 185 g/mol. The summed E-state index contributed by atoms with van der Waals surface area (Å²) >= 11 is 1.29. The van der Waals surface area contributed by atoms with Crippen molar-refractivity contribution < 1.29 is 0 Å². The molecular formula is C9H15NOS. The molecule has 0 unspecified atom stereocenters. The van der Waals surface area contributed by atoms with Crippen molar-refractivity contribution in [3.8, 4) is 0 Å². The van der Waals surface area contributed by atoms with Crippen LogP contribution in [0.1, 0.15) is 26.0 Å². The molecule has 1 rings (SSSR count). The predicted molar refractivity (Wildman–Crippen MR) is 52.8 cm³/mol. The molecule has 0 fully saturated rings. The summed E-state index contributed by atoms with van der Waals surface area (Å²) < 4.78 is 1.85. The van der Waals surface area contributed by atoms with Gasteiger partial charge in [0, 0.05) is 17.6 Å². The van der Waals surface area contributed by atoms with E-state index in [-0.39, 0.29) is 4.87 Å². The van der Waals surface area contributed by atoms with E-state index < -0.39 is 0 Å². The Hall–Kier alpha value is -0.570. The number of hydrogen-bond donors (Lipinski definition) is 0. The fraction of sp³-hybridized carbons (Fsp3) is 0.667. The maximum absolute atomic E-state index is 11.2. The number of thiazole rings is 1. The Morgan fingerprint density at radius 2 is 2.25 bits per heavy atom. The van der Waals surface area contributed by atoms with Gasteiger partial charge in [-0.3, -0.25) is 4.79 Å². The van der Waals surface area contributed by atoms with Gasteiger partial charge in [0.15, 0.2) is 0 Å². The second-order valence-corrected chi connectivity index (χ2v) is 4.30. The van der Waals surface area contributed by atoms with E-state index in [1.165, 1.54) is 11.3 Å². The lowest BCUT2D eigenvalue weighted by atomic mass is 10.1. The highest BCUT2D eigenvalue weighted by Gasteiger charge is 2.02. The maximum Gasteiger partial charge on any atom is 0.307 e. The lowest BCUT2D eigenvalue weighted by molar-refractivity contribution is 0.507. The predicted octanol–water partition coefficient (Wildman–Crippen LogP) is 2.26. The van der Waals surface area contributed by atoms with Crippen LogP contribution in [0.2, 0.25) is 0 Å². The SMILES string of the molecule is Cc1csc(=O)n1CCC(C)C. The summed E-state index contributed by atoms with van der Waals surface area (Å²) in [6.45, 7) is 7.20. The normalized spacial score (nSPS) is 11.0. The first-order valence-corrected chi connectivity index (χ1v) is 5.14. The van der Waals surface area contributed by atoms with Crippen LogP contribution in [-0.4, -0.2) is 4.57 Å². The molecule has 12 heavy (non-hydrogen) atoms. The first-order valence-electron chi connectivity index (χ1n) is 4.26. The first-order chi connectivity index (χ1) is 5.61. The van der Waals surface area contributed by atoms with Crippen molar-refractivity contribution in [2.45, 2.75) is 33.7 Å². The third-order valence-electron chi connectivity index (χ3n) is 1.91.